The van der Waals surface area contributed by atoms with Gasteiger partial charge in [0.2, 0.25) is 0 Å². The van der Waals surface area contributed by atoms with Gasteiger partial charge in [-0.15, -0.1) is 11.3 Å². The predicted molar refractivity (Wildman–Crippen MR) is 76.8 cm³/mol. The highest BCUT2D eigenvalue weighted by Gasteiger charge is 2.16. The van der Waals surface area contributed by atoms with Gasteiger partial charge in [0.15, 0.2) is 0 Å². The van der Waals surface area contributed by atoms with Gasteiger partial charge < -0.3 is 5.32 Å². The van der Waals surface area contributed by atoms with E-state index in [-0.39, 0.29) is 6.04 Å². The summed E-state index contributed by atoms with van der Waals surface area (Å²) in [6.45, 7) is 2.98. The fraction of sp³-hybridized carbons (Fsp3) is 0.250. The summed E-state index contributed by atoms with van der Waals surface area (Å²) in [5.74, 6) is 0. The molecule has 2 nitrogen and oxygen atoms in total. The molecule has 17 heavy (non-hydrogen) atoms. The molecule has 0 saturated heterocycles. The third kappa shape index (κ3) is 3.07. The maximum Gasteiger partial charge on any atom is 0.114 e. The first kappa shape index (κ1) is 13.0. The molecule has 0 aliphatic rings. The van der Waals surface area contributed by atoms with Crippen molar-refractivity contribution in [3.8, 4) is 0 Å². The predicted octanol–water partition coefficient (Wildman–Crippen LogP) is 4.26. The van der Waals surface area contributed by atoms with Crippen LogP contribution in [-0.4, -0.2) is 11.5 Å². The van der Waals surface area contributed by atoms with Crippen LogP contribution in [0.5, 0.6) is 0 Å². The van der Waals surface area contributed by atoms with Crippen LogP contribution in [0.1, 0.15) is 23.5 Å². The highest BCUT2D eigenvalue weighted by Crippen LogP contribution is 2.29. The monoisotopic (exact) mass is 330 g/mol. The van der Waals surface area contributed by atoms with Gasteiger partial charge in [0.1, 0.15) is 5.01 Å². The lowest BCUT2D eigenvalue weighted by molar-refractivity contribution is 0.627. The van der Waals surface area contributed by atoms with Crippen LogP contribution >= 0.6 is 38.9 Å². The lowest BCUT2D eigenvalue weighted by atomic mass is 10.1. The Morgan fingerprint density at radius 2 is 2.35 bits per heavy atom. The highest BCUT2D eigenvalue weighted by molar-refractivity contribution is 9.10. The standard InChI is InChI=1S/C12H12BrClN2S/c1-2-15-11(12-16-5-6-17-12)8-3-4-10(14)9(13)7-8/h3-7,11,15H,2H2,1H3. The molecule has 0 fully saturated rings. The number of hydrogen-bond acceptors (Lipinski definition) is 3. The number of benzene rings is 1. The Balaban J connectivity index is 2.35. The topological polar surface area (TPSA) is 24.9 Å². The molecule has 2 aromatic rings. The molecule has 0 radical (unpaired) electrons. The lowest BCUT2D eigenvalue weighted by Gasteiger charge is -2.16. The van der Waals surface area contributed by atoms with Crippen molar-refractivity contribution in [1.82, 2.24) is 10.3 Å². The van der Waals surface area contributed by atoms with Gasteiger partial charge in [0.25, 0.3) is 0 Å². The molecule has 90 valence electrons. The molecule has 0 aliphatic carbocycles. The maximum atomic E-state index is 6.01. The van der Waals surface area contributed by atoms with Crippen LogP contribution < -0.4 is 5.32 Å². The first-order valence-corrected chi connectivity index (χ1v) is 7.35. The van der Waals surface area contributed by atoms with Crippen molar-refractivity contribution >= 4 is 38.9 Å². The van der Waals surface area contributed by atoms with Crippen LogP contribution in [-0.2, 0) is 0 Å². The first-order valence-electron chi connectivity index (χ1n) is 5.30. The normalized spacial score (nSPS) is 12.6. The summed E-state index contributed by atoms with van der Waals surface area (Å²) in [4.78, 5) is 4.37. The number of nitrogens with zero attached hydrogens (tertiary/aromatic N) is 1. The van der Waals surface area contributed by atoms with Gasteiger partial charge in [-0.1, -0.05) is 24.6 Å². The second-order valence-corrected chi connectivity index (χ2v) is 5.72. The molecule has 1 unspecified atom stereocenters. The Morgan fingerprint density at radius 3 is 2.94 bits per heavy atom. The molecule has 0 bridgehead atoms. The van der Waals surface area contributed by atoms with Gasteiger partial charge in [0.05, 0.1) is 11.1 Å². The van der Waals surface area contributed by atoms with Crippen molar-refractivity contribution in [2.75, 3.05) is 6.54 Å². The van der Waals surface area contributed by atoms with Crippen molar-refractivity contribution < 1.29 is 0 Å². The van der Waals surface area contributed by atoms with Crippen LogP contribution in [0.15, 0.2) is 34.2 Å². The average Bonchev–Trinajstić information content (AvgIpc) is 2.83. The number of halogens is 2. The summed E-state index contributed by atoms with van der Waals surface area (Å²) < 4.78 is 0.913. The minimum Gasteiger partial charge on any atom is -0.305 e. The highest BCUT2D eigenvalue weighted by atomic mass is 79.9. The number of rotatable bonds is 4. The first-order chi connectivity index (χ1) is 8.22. The summed E-state index contributed by atoms with van der Waals surface area (Å²) in [6.07, 6.45) is 1.83. The van der Waals surface area contributed by atoms with E-state index in [0.717, 1.165) is 26.6 Å². The minimum absolute atomic E-state index is 0.133. The molecular weight excluding hydrogens is 320 g/mol. The summed E-state index contributed by atoms with van der Waals surface area (Å²) in [7, 11) is 0. The SMILES string of the molecule is CCNC(c1ccc(Cl)c(Br)c1)c1nccs1. The molecule has 2 rings (SSSR count). The Labute approximate surface area is 118 Å². The van der Waals surface area contributed by atoms with E-state index in [1.807, 2.05) is 29.8 Å². The molecule has 5 heteroatoms. The Bertz CT molecular complexity index is 487. The van der Waals surface area contributed by atoms with Crippen LogP contribution in [0.4, 0.5) is 0 Å². The van der Waals surface area contributed by atoms with Gasteiger partial charge >= 0.3 is 0 Å². The van der Waals surface area contributed by atoms with Crippen LogP contribution in [0.2, 0.25) is 5.02 Å². The van der Waals surface area contributed by atoms with E-state index < -0.39 is 0 Å². The number of hydrogen-bond donors (Lipinski definition) is 1. The molecule has 0 amide bonds. The van der Waals surface area contributed by atoms with Crippen molar-refractivity contribution in [1.29, 1.82) is 0 Å². The van der Waals surface area contributed by atoms with E-state index >= 15 is 0 Å². The molecule has 0 saturated carbocycles. The van der Waals surface area contributed by atoms with Crippen molar-refractivity contribution in [3.05, 3.63) is 49.8 Å². The quantitative estimate of drug-likeness (QED) is 0.905. The second kappa shape index (κ2) is 5.96. The summed E-state index contributed by atoms with van der Waals surface area (Å²) in [5.41, 5.74) is 1.16. The van der Waals surface area contributed by atoms with Gasteiger partial charge in [-0.3, -0.25) is 0 Å². The zero-order valence-corrected chi connectivity index (χ0v) is 12.4. The van der Waals surface area contributed by atoms with Gasteiger partial charge in [-0.05, 0) is 40.2 Å². The van der Waals surface area contributed by atoms with E-state index in [2.05, 4.69) is 33.2 Å². The van der Waals surface area contributed by atoms with E-state index in [1.165, 1.54) is 0 Å². The average molecular weight is 332 g/mol. The Morgan fingerprint density at radius 1 is 1.53 bits per heavy atom. The lowest BCUT2D eigenvalue weighted by Crippen LogP contribution is -2.21. The summed E-state index contributed by atoms with van der Waals surface area (Å²) in [5, 5.41) is 7.22. The molecule has 1 aromatic carbocycles. The minimum atomic E-state index is 0.133. The van der Waals surface area contributed by atoms with Crippen LogP contribution in [0.3, 0.4) is 0 Å². The third-order valence-electron chi connectivity index (χ3n) is 2.38. The van der Waals surface area contributed by atoms with E-state index in [4.69, 9.17) is 11.6 Å². The summed E-state index contributed by atoms with van der Waals surface area (Å²) in [6, 6.07) is 6.10. The number of aromatic nitrogens is 1. The Kier molecular flexibility index (Phi) is 4.56. The second-order valence-electron chi connectivity index (χ2n) is 3.53. The zero-order valence-electron chi connectivity index (χ0n) is 9.28. The van der Waals surface area contributed by atoms with Gasteiger partial charge in [-0.2, -0.15) is 0 Å². The van der Waals surface area contributed by atoms with Crippen LogP contribution in [0.25, 0.3) is 0 Å². The van der Waals surface area contributed by atoms with Crippen molar-refractivity contribution in [2.45, 2.75) is 13.0 Å². The fourth-order valence-corrected chi connectivity index (χ4v) is 2.87. The third-order valence-corrected chi connectivity index (χ3v) is 4.44. The van der Waals surface area contributed by atoms with E-state index in [0.29, 0.717) is 0 Å². The Hall–Kier alpha value is -0.420. The maximum absolute atomic E-state index is 6.01. The smallest absolute Gasteiger partial charge is 0.114 e. The molecule has 0 spiro atoms. The molecule has 1 aromatic heterocycles. The fourth-order valence-electron chi connectivity index (χ4n) is 1.62. The number of nitrogens with one attached hydrogen (secondary N) is 1. The molecule has 0 aliphatic heterocycles. The largest absolute Gasteiger partial charge is 0.305 e. The molecule has 1 N–H and O–H groups in total. The molecular formula is C12H12BrClN2S. The van der Waals surface area contributed by atoms with E-state index in [9.17, 15) is 0 Å². The molecule has 1 heterocycles. The van der Waals surface area contributed by atoms with Crippen molar-refractivity contribution in [2.24, 2.45) is 0 Å². The zero-order chi connectivity index (χ0) is 12.3. The summed E-state index contributed by atoms with van der Waals surface area (Å²) >= 11 is 11.1. The van der Waals surface area contributed by atoms with Crippen molar-refractivity contribution in [3.63, 3.8) is 0 Å². The van der Waals surface area contributed by atoms with Crippen LogP contribution in [0, 0.1) is 0 Å². The van der Waals surface area contributed by atoms with E-state index in [1.54, 1.807) is 11.3 Å². The number of thiazole rings is 1. The molecule has 1 atom stereocenters. The van der Waals surface area contributed by atoms with Gasteiger partial charge in [0, 0.05) is 16.0 Å². The van der Waals surface area contributed by atoms with Gasteiger partial charge in [-0.25, -0.2) is 4.98 Å².